The highest BCUT2D eigenvalue weighted by Gasteiger charge is 2.41. The summed E-state index contributed by atoms with van der Waals surface area (Å²) >= 11 is 0. The Bertz CT molecular complexity index is 213. The van der Waals surface area contributed by atoms with Crippen LogP contribution in [0.3, 0.4) is 0 Å². The van der Waals surface area contributed by atoms with E-state index < -0.39 is 0 Å². The summed E-state index contributed by atoms with van der Waals surface area (Å²) < 4.78 is 5.04. The van der Waals surface area contributed by atoms with Gasteiger partial charge in [0.2, 0.25) is 0 Å². The standard InChI is InChI=1S/C14H26O2.CH4/c1-4-12(5-2)11-14(13(15)16-3)9-7-6-8-10-14;/h12H,4-11H2,1-3H3;1H4. The van der Waals surface area contributed by atoms with Gasteiger partial charge in [-0.1, -0.05) is 53.4 Å². The second-order valence-electron chi connectivity index (χ2n) is 5.22. The molecule has 2 nitrogen and oxygen atoms in total. The van der Waals surface area contributed by atoms with Gasteiger partial charge in [-0.3, -0.25) is 4.79 Å². The fraction of sp³-hybridized carbons (Fsp3) is 0.933. The number of ether oxygens (including phenoxy) is 1. The monoisotopic (exact) mass is 242 g/mol. The summed E-state index contributed by atoms with van der Waals surface area (Å²) in [4.78, 5) is 12.0. The van der Waals surface area contributed by atoms with Crippen LogP contribution in [0, 0.1) is 11.3 Å². The van der Waals surface area contributed by atoms with Crippen LogP contribution in [0.1, 0.15) is 72.6 Å². The molecule has 0 bridgehead atoms. The highest BCUT2D eigenvalue weighted by molar-refractivity contribution is 5.76. The van der Waals surface area contributed by atoms with Gasteiger partial charge in [0.25, 0.3) is 0 Å². The largest absolute Gasteiger partial charge is 0.469 e. The molecular formula is C15H30O2. The topological polar surface area (TPSA) is 26.3 Å². The minimum atomic E-state index is -0.149. The highest BCUT2D eigenvalue weighted by Crippen LogP contribution is 2.43. The van der Waals surface area contributed by atoms with Gasteiger partial charge >= 0.3 is 5.97 Å². The fourth-order valence-electron chi connectivity index (χ4n) is 3.07. The molecule has 1 fully saturated rings. The van der Waals surface area contributed by atoms with Crippen molar-refractivity contribution in [2.24, 2.45) is 11.3 Å². The summed E-state index contributed by atoms with van der Waals surface area (Å²) in [6, 6.07) is 0. The van der Waals surface area contributed by atoms with Crippen LogP contribution in [0.5, 0.6) is 0 Å². The van der Waals surface area contributed by atoms with Crippen LogP contribution in [-0.4, -0.2) is 13.1 Å². The van der Waals surface area contributed by atoms with Crippen LogP contribution < -0.4 is 0 Å². The third-order valence-corrected chi connectivity index (χ3v) is 4.26. The SMILES string of the molecule is C.CCC(CC)CC1(C(=O)OC)CCCCC1. The van der Waals surface area contributed by atoms with Crippen molar-refractivity contribution in [1.82, 2.24) is 0 Å². The maximum Gasteiger partial charge on any atom is 0.311 e. The molecule has 0 heterocycles. The van der Waals surface area contributed by atoms with Crippen molar-refractivity contribution in [2.75, 3.05) is 7.11 Å². The molecule has 1 rings (SSSR count). The maximum atomic E-state index is 12.0. The lowest BCUT2D eigenvalue weighted by Gasteiger charge is -2.36. The Balaban J connectivity index is 0.00000256. The minimum Gasteiger partial charge on any atom is -0.469 e. The predicted octanol–water partition coefficient (Wildman–Crippen LogP) is 4.57. The molecule has 0 aromatic heterocycles. The predicted molar refractivity (Wildman–Crippen MR) is 73.0 cm³/mol. The Labute approximate surface area is 107 Å². The molecule has 0 aliphatic heterocycles. The summed E-state index contributed by atoms with van der Waals surface area (Å²) in [5.74, 6) is 0.719. The average Bonchev–Trinajstić information content (AvgIpc) is 2.36. The number of carbonyl (C=O) groups excluding carboxylic acids is 1. The molecule has 102 valence electrons. The van der Waals surface area contributed by atoms with E-state index >= 15 is 0 Å². The maximum absolute atomic E-state index is 12.0. The molecule has 1 aliphatic carbocycles. The van der Waals surface area contributed by atoms with E-state index in [1.54, 1.807) is 0 Å². The average molecular weight is 242 g/mol. The Morgan fingerprint density at radius 3 is 2.12 bits per heavy atom. The molecule has 0 atom stereocenters. The molecule has 0 radical (unpaired) electrons. The molecule has 0 spiro atoms. The molecule has 0 unspecified atom stereocenters. The van der Waals surface area contributed by atoms with E-state index in [1.165, 1.54) is 39.2 Å². The second-order valence-corrected chi connectivity index (χ2v) is 5.22. The van der Waals surface area contributed by atoms with Crippen LogP contribution in [0.4, 0.5) is 0 Å². The van der Waals surface area contributed by atoms with E-state index in [-0.39, 0.29) is 18.8 Å². The highest BCUT2D eigenvalue weighted by atomic mass is 16.5. The number of carbonyl (C=O) groups is 1. The lowest BCUT2D eigenvalue weighted by Crippen LogP contribution is -2.36. The Morgan fingerprint density at radius 2 is 1.71 bits per heavy atom. The summed E-state index contributed by atoms with van der Waals surface area (Å²) in [5.41, 5.74) is -0.149. The quantitative estimate of drug-likeness (QED) is 0.660. The lowest BCUT2D eigenvalue weighted by atomic mass is 9.68. The fourth-order valence-corrected chi connectivity index (χ4v) is 3.07. The first-order valence-corrected chi connectivity index (χ1v) is 6.77. The normalized spacial score (nSPS) is 18.6. The summed E-state index contributed by atoms with van der Waals surface area (Å²) in [5, 5.41) is 0. The van der Waals surface area contributed by atoms with Gasteiger partial charge in [0, 0.05) is 0 Å². The van der Waals surface area contributed by atoms with Gasteiger partial charge in [-0.25, -0.2) is 0 Å². The van der Waals surface area contributed by atoms with Gasteiger partial charge in [0.1, 0.15) is 0 Å². The lowest BCUT2D eigenvalue weighted by molar-refractivity contribution is -0.156. The van der Waals surface area contributed by atoms with Crippen molar-refractivity contribution in [1.29, 1.82) is 0 Å². The van der Waals surface area contributed by atoms with Crippen molar-refractivity contribution in [2.45, 2.75) is 72.6 Å². The zero-order valence-electron chi connectivity index (χ0n) is 11.1. The van der Waals surface area contributed by atoms with Gasteiger partial charge in [-0.15, -0.1) is 0 Å². The molecule has 0 N–H and O–H groups in total. The molecular weight excluding hydrogens is 212 g/mol. The number of rotatable bonds is 5. The third-order valence-electron chi connectivity index (χ3n) is 4.26. The van der Waals surface area contributed by atoms with Gasteiger partial charge in [-0.05, 0) is 25.2 Å². The molecule has 1 aliphatic rings. The van der Waals surface area contributed by atoms with Crippen LogP contribution in [0.2, 0.25) is 0 Å². The number of hydrogen-bond donors (Lipinski definition) is 0. The number of esters is 1. The first kappa shape index (κ1) is 16.5. The second kappa shape index (κ2) is 7.73. The zero-order valence-corrected chi connectivity index (χ0v) is 11.1. The number of methoxy groups -OCH3 is 1. The van der Waals surface area contributed by atoms with Gasteiger partial charge in [0.05, 0.1) is 12.5 Å². The third kappa shape index (κ3) is 4.01. The number of hydrogen-bond acceptors (Lipinski definition) is 2. The van der Waals surface area contributed by atoms with Crippen molar-refractivity contribution in [3.63, 3.8) is 0 Å². The van der Waals surface area contributed by atoms with E-state index in [2.05, 4.69) is 13.8 Å². The molecule has 1 saturated carbocycles. The van der Waals surface area contributed by atoms with Crippen LogP contribution in [0.25, 0.3) is 0 Å². The summed E-state index contributed by atoms with van der Waals surface area (Å²) in [7, 11) is 1.53. The Hall–Kier alpha value is -0.530. The molecule has 0 amide bonds. The molecule has 2 heteroatoms. The Morgan fingerprint density at radius 1 is 1.18 bits per heavy atom. The first-order valence-electron chi connectivity index (χ1n) is 6.77. The molecule has 0 aromatic carbocycles. The molecule has 17 heavy (non-hydrogen) atoms. The zero-order chi connectivity index (χ0) is 12.0. The molecule has 0 aromatic rings. The van der Waals surface area contributed by atoms with Crippen LogP contribution in [-0.2, 0) is 9.53 Å². The van der Waals surface area contributed by atoms with Crippen molar-refractivity contribution in [3.05, 3.63) is 0 Å². The van der Waals surface area contributed by atoms with E-state index in [0.29, 0.717) is 5.92 Å². The van der Waals surface area contributed by atoms with E-state index in [4.69, 9.17) is 4.74 Å². The summed E-state index contributed by atoms with van der Waals surface area (Å²) in [6.07, 6.45) is 9.12. The van der Waals surface area contributed by atoms with E-state index in [1.807, 2.05) is 0 Å². The van der Waals surface area contributed by atoms with E-state index in [9.17, 15) is 4.79 Å². The van der Waals surface area contributed by atoms with Gasteiger partial charge in [0.15, 0.2) is 0 Å². The van der Waals surface area contributed by atoms with Crippen molar-refractivity contribution in [3.8, 4) is 0 Å². The smallest absolute Gasteiger partial charge is 0.311 e. The van der Waals surface area contributed by atoms with Gasteiger partial charge in [-0.2, -0.15) is 0 Å². The Kier molecular flexibility index (Phi) is 7.49. The first-order chi connectivity index (χ1) is 7.68. The van der Waals surface area contributed by atoms with Crippen molar-refractivity contribution >= 4 is 5.97 Å². The molecule has 0 saturated heterocycles. The summed E-state index contributed by atoms with van der Waals surface area (Å²) in [6.45, 7) is 4.45. The minimum absolute atomic E-state index is 0. The van der Waals surface area contributed by atoms with Crippen LogP contribution in [0.15, 0.2) is 0 Å². The van der Waals surface area contributed by atoms with Gasteiger partial charge < -0.3 is 4.74 Å². The van der Waals surface area contributed by atoms with Crippen LogP contribution >= 0.6 is 0 Å². The van der Waals surface area contributed by atoms with E-state index in [0.717, 1.165) is 19.3 Å². The van der Waals surface area contributed by atoms with Crippen molar-refractivity contribution < 1.29 is 9.53 Å².